The Bertz CT molecular complexity index is 1080. The summed E-state index contributed by atoms with van der Waals surface area (Å²) in [7, 11) is 0. The second kappa shape index (κ2) is 9.67. The van der Waals surface area contributed by atoms with Crippen molar-refractivity contribution in [3.63, 3.8) is 0 Å². The molecule has 1 amide bonds. The van der Waals surface area contributed by atoms with Crippen LogP contribution in [-0.4, -0.2) is 63.7 Å². The average molecular weight is 428 g/mol. The fourth-order valence-electron chi connectivity index (χ4n) is 3.90. The molecule has 1 aliphatic rings. The van der Waals surface area contributed by atoms with Gasteiger partial charge in [-0.05, 0) is 67.2 Å². The molecule has 2 heterocycles. The molecule has 0 aliphatic carbocycles. The maximum atomic E-state index is 13.6. The quantitative estimate of drug-likeness (QED) is 0.553. The highest BCUT2D eigenvalue weighted by Crippen LogP contribution is 2.26. The van der Waals surface area contributed by atoms with E-state index in [1.54, 1.807) is 6.07 Å². The highest BCUT2D eigenvalue weighted by atomic mass is 19.1. The SMILES string of the molecule is O.O=C(O)CN1CCC(CNC(=O)c2n[nH]c3ccc(-c4cccc(F)c4)cc23)CC1. The van der Waals surface area contributed by atoms with Crippen LogP contribution in [0.4, 0.5) is 4.39 Å². The lowest BCUT2D eigenvalue weighted by atomic mass is 9.96. The number of hydrogen-bond donors (Lipinski definition) is 3. The molecule has 0 radical (unpaired) electrons. The maximum absolute atomic E-state index is 13.6. The van der Waals surface area contributed by atoms with Crippen LogP contribution in [0.3, 0.4) is 0 Å². The first-order chi connectivity index (χ1) is 14.5. The van der Waals surface area contributed by atoms with E-state index in [1.807, 2.05) is 29.2 Å². The summed E-state index contributed by atoms with van der Waals surface area (Å²) in [5.41, 5.74) is 2.59. The zero-order valence-electron chi connectivity index (χ0n) is 16.9. The molecule has 1 saturated heterocycles. The Hall–Kier alpha value is -3.30. The van der Waals surface area contributed by atoms with Crippen LogP contribution in [0.1, 0.15) is 23.3 Å². The van der Waals surface area contributed by atoms with Crippen molar-refractivity contribution in [1.29, 1.82) is 0 Å². The van der Waals surface area contributed by atoms with E-state index in [2.05, 4.69) is 15.5 Å². The lowest BCUT2D eigenvalue weighted by molar-refractivity contribution is -0.138. The Morgan fingerprint density at radius 3 is 2.61 bits per heavy atom. The second-order valence-corrected chi connectivity index (χ2v) is 7.67. The number of carbonyl (C=O) groups excluding carboxylic acids is 1. The second-order valence-electron chi connectivity index (χ2n) is 7.67. The number of benzene rings is 2. The first-order valence-electron chi connectivity index (χ1n) is 9.96. The number of amides is 1. The lowest BCUT2D eigenvalue weighted by Gasteiger charge is -2.30. The van der Waals surface area contributed by atoms with Crippen LogP contribution in [0, 0.1) is 11.7 Å². The number of likely N-dealkylation sites (tertiary alicyclic amines) is 1. The number of aromatic amines is 1. The van der Waals surface area contributed by atoms with Crippen molar-refractivity contribution in [3.8, 4) is 11.1 Å². The molecule has 0 atom stereocenters. The first kappa shape index (κ1) is 22.4. The fourth-order valence-corrected chi connectivity index (χ4v) is 3.90. The Balaban J connectivity index is 0.00000272. The van der Waals surface area contributed by atoms with E-state index in [9.17, 15) is 14.0 Å². The number of carboxylic acids is 1. The van der Waals surface area contributed by atoms with Crippen LogP contribution in [-0.2, 0) is 4.79 Å². The van der Waals surface area contributed by atoms with E-state index in [-0.39, 0.29) is 23.7 Å². The van der Waals surface area contributed by atoms with Gasteiger partial charge in [0.05, 0.1) is 12.1 Å². The van der Waals surface area contributed by atoms with Gasteiger partial charge in [0.15, 0.2) is 5.69 Å². The van der Waals surface area contributed by atoms with E-state index in [0.717, 1.165) is 42.6 Å². The fraction of sp³-hybridized carbons (Fsp3) is 0.318. The van der Waals surface area contributed by atoms with E-state index in [0.29, 0.717) is 23.5 Å². The summed E-state index contributed by atoms with van der Waals surface area (Å²) in [6.07, 6.45) is 1.69. The summed E-state index contributed by atoms with van der Waals surface area (Å²) in [5, 5.41) is 19.6. The molecule has 1 aliphatic heterocycles. The molecule has 5 N–H and O–H groups in total. The van der Waals surface area contributed by atoms with Gasteiger partial charge >= 0.3 is 5.97 Å². The Labute approximate surface area is 178 Å². The number of aromatic nitrogens is 2. The number of carboxylic acid groups (broad SMARTS) is 1. The maximum Gasteiger partial charge on any atom is 0.317 e. The van der Waals surface area contributed by atoms with Gasteiger partial charge in [0.2, 0.25) is 0 Å². The van der Waals surface area contributed by atoms with Gasteiger partial charge in [0, 0.05) is 11.9 Å². The summed E-state index contributed by atoms with van der Waals surface area (Å²) in [6, 6.07) is 11.9. The Morgan fingerprint density at radius 1 is 1.16 bits per heavy atom. The summed E-state index contributed by atoms with van der Waals surface area (Å²) < 4.78 is 13.6. The van der Waals surface area contributed by atoms with E-state index in [1.165, 1.54) is 12.1 Å². The number of fused-ring (bicyclic) bond motifs is 1. The molecular weight excluding hydrogens is 403 g/mol. The van der Waals surface area contributed by atoms with Crippen LogP contribution >= 0.6 is 0 Å². The molecule has 4 rings (SSSR count). The van der Waals surface area contributed by atoms with Crippen molar-refractivity contribution in [2.24, 2.45) is 5.92 Å². The van der Waals surface area contributed by atoms with Crippen LogP contribution in [0.25, 0.3) is 22.0 Å². The van der Waals surface area contributed by atoms with Gasteiger partial charge in [-0.25, -0.2) is 4.39 Å². The molecule has 0 spiro atoms. The third-order valence-electron chi connectivity index (χ3n) is 5.55. The van der Waals surface area contributed by atoms with E-state index < -0.39 is 5.97 Å². The standard InChI is InChI=1S/C22H23FN4O3.H2O/c23-17-3-1-2-15(10-17)16-4-5-19-18(11-16)21(26-25-19)22(30)24-12-14-6-8-27(9-7-14)13-20(28)29;/h1-5,10-11,14H,6-9,12-13H2,(H,24,30)(H,25,26)(H,28,29);1H2. The van der Waals surface area contributed by atoms with Crippen molar-refractivity contribution in [3.05, 3.63) is 54.0 Å². The molecular formula is C22H25FN4O4. The number of carbonyl (C=O) groups is 2. The summed E-state index contributed by atoms with van der Waals surface area (Å²) in [4.78, 5) is 25.5. The van der Waals surface area contributed by atoms with Gasteiger partial charge in [-0.2, -0.15) is 5.10 Å². The monoisotopic (exact) mass is 428 g/mol. The minimum Gasteiger partial charge on any atom is -0.480 e. The molecule has 8 nitrogen and oxygen atoms in total. The molecule has 164 valence electrons. The largest absolute Gasteiger partial charge is 0.480 e. The molecule has 2 aromatic carbocycles. The minimum atomic E-state index is -0.815. The first-order valence-corrected chi connectivity index (χ1v) is 9.96. The van der Waals surface area contributed by atoms with Crippen LogP contribution in [0.5, 0.6) is 0 Å². The van der Waals surface area contributed by atoms with E-state index in [4.69, 9.17) is 5.11 Å². The molecule has 1 fully saturated rings. The highest BCUT2D eigenvalue weighted by molar-refractivity contribution is 6.05. The number of rotatable bonds is 6. The lowest BCUT2D eigenvalue weighted by Crippen LogP contribution is -2.40. The average Bonchev–Trinajstić information content (AvgIpc) is 3.16. The Morgan fingerprint density at radius 2 is 1.90 bits per heavy atom. The molecule has 1 aromatic heterocycles. The summed E-state index contributed by atoms with van der Waals surface area (Å²) in [5.74, 6) is -1.07. The topological polar surface area (TPSA) is 130 Å². The predicted molar refractivity (Wildman–Crippen MR) is 114 cm³/mol. The van der Waals surface area contributed by atoms with Gasteiger partial charge in [0.25, 0.3) is 5.91 Å². The van der Waals surface area contributed by atoms with Gasteiger partial charge in [-0.1, -0.05) is 18.2 Å². The number of nitrogens with one attached hydrogen (secondary N) is 2. The number of nitrogens with zero attached hydrogens (tertiary/aromatic N) is 2. The van der Waals surface area contributed by atoms with Crippen molar-refractivity contribution < 1.29 is 24.6 Å². The van der Waals surface area contributed by atoms with Crippen molar-refractivity contribution >= 4 is 22.8 Å². The minimum absolute atomic E-state index is 0. The number of hydrogen-bond acceptors (Lipinski definition) is 4. The highest BCUT2D eigenvalue weighted by Gasteiger charge is 2.22. The number of halogens is 1. The van der Waals surface area contributed by atoms with Crippen molar-refractivity contribution in [2.45, 2.75) is 12.8 Å². The van der Waals surface area contributed by atoms with Gasteiger partial charge in [-0.15, -0.1) is 0 Å². The third-order valence-corrected chi connectivity index (χ3v) is 5.55. The smallest absolute Gasteiger partial charge is 0.317 e. The van der Waals surface area contributed by atoms with Gasteiger partial charge in [0.1, 0.15) is 5.82 Å². The summed E-state index contributed by atoms with van der Waals surface area (Å²) in [6.45, 7) is 2.02. The number of piperidine rings is 1. The molecule has 9 heteroatoms. The van der Waals surface area contributed by atoms with Crippen LogP contribution in [0.15, 0.2) is 42.5 Å². The van der Waals surface area contributed by atoms with Gasteiger partial charge < -0.3 is 15.9 Å². The number of aliphatic carboxylic acids is 1. The summed E-state index contributed by atoms with van der Waals surface area (Å²) >= 11 is 0. The Kier molecular flexibility index (Phi) is 6.98. The van der Waals surface area contributed by atoms with Crippen LogP contribution in [0.2, 0.25) is 0 Å². The number of H-pyrrole nitrogens is 1. The van der Waals surface area contributed by atoms with Crippen molar-refractivity contribution in [1.82, 2.24) is 20.4 Å². The molecule has 0 unspecified atom stereocenters. The van der Waals surface area contributed by atoms with E-state index >= 15 is 0 Å². The third kappa shape index (κ3) is 5.25. The predicted octanol–water partition coefficient (Wildman–Crippen LogP) is 2.07. The van der Waals surface area contributed by atoms with Crippen LogP contribution < -0.4 is 5.32 Å². The molecule has 0 saturated carbocycles. The molecule has 0 bridgehead atoms. The zero-order chi connectivity index (χ0) is 21.1. The molecule has 31 heavy (non-hydrogen) atoms. The van der Waals surface area contributed by atoms with Gasteiger partial charge in [-0.3, -0.25) is 19.6 Å². The van der Waals surface area contributed by atoms with Crippen molar-refractivity contribution in [2.75, 3.05) is 26.2 Å². The molecule has 3 aromatic rings. The zero-order valence-corrected chi connectivity index (χ0v) is 16.9. The normalized spacial score (nSPS) is 14.9.